The van der Waals surface area contributed by atoms with E-state index in [1.807, 2.05) is 6.07 Å². The number of ketones is 1. The van der Waals surface area contributed by atoms with E-state index in [-0.39, 0.29) is 30.6 Å². The van der Waals surface area contributed by atoms with Crippen molar-refractivity contribution in [3.8, 4) is 0 Å². The van der Waals surface area contributed by atoms with Gasteiger partial charge in [-0.1, -0.05) is 60.3 Å². The summed E-state index contributed by atoms with van der Waals surface area (Å²) in [5.74, 6) is -0.543. The Hall–Kier alpha value is -3.14. The summed E-state index contributed by atoms with van der Waals surface area (Å²) in [6.07, 6.45) is 0. The van der Waals surface area contributed by atoms with Gasteiger partial charge in [-0.25, -0.2) is 4.79 Å². The number of hydrogen-bond donors (Lipinski definition) is 2. The number of hydrogen-bond acceptors (Lipinski definition) is 7. The van der Waals surface area contributed by atoms with E-state index in [4.69, 9.17) is 14.7 Å². The Bertz CT molecular complexity index is 1080. The maximum absolute atomic E-state index is 13.0. The van der Waals surface area contributed by atoms with Crippen molar-refractivity contribution in [3.63, 3.8) is 0 Å². The lowest BCUT2D eigenvalue weighted by Gasteiger charge is -2.15. The van der Waals surface area contributed by atoms with Crippen molar-refractivity contribution in [2.75, 3.05) is 20.0 Å². The molecule has 1 heterocycles. The molecule has 8 nitrogen and oxygen atoms in total. The summed E-state index contributed by atoms with van der Waals surface area (Å²) < 4.78 is 5.87. The van der Waals surface area contributed by atoms with E-state index in [0.717, 1.165) is 16.5 Å². The first-order valence-corrected chi connectivity index (χ1v) is 9.47. The zero-order chi connectivity index (χ0) is 20.6. The van der Waals surface area contributed by atoms with E-state index < -0.39 is 17.0 Å². The molecule has 0 aliphatic heterocycles. The molecule has 2 aromatic carbocycles. The average Bonchev–Trinajstić information content (AvgIpc) is 2.74. The molecule has 3 rings (SSSR count). The van der Waals surface area contributed by atoms with Crippen molar-refractivity contribution in [1.29, 1.82) is 0 Å². The minimum Gasteiger partial charge on any atom is -0.394 e. The van der Waals surface area contributed by atoms with Crippen LogP contribution in [0.15, 0.2) is 80.2 Å². The molecule has 0 atom stereocenters. The highest BCUT2D eigenvalue weighted by atomic mass is 32.2. The van der Waals surface area contributed by atoms with Gasteiger partial charge in [-0.15, -0.1) is 4.73 Å². The molecule has 0 bridgehead atoms. The third-order valence-corrected chi connectivity index (χ3v) is 4.82. The molecule has 0 saturated carbocycles. The zero-order valence-electron chi connectivity index (χ0n) is 15.2. The molecule has 150 valence electrons. The second-order valence-corrected chi connectivity index (χ2v) is 6.79. The summed E-state index contributed by atoms with van der Waals surface area (Å²) in [4.78, 5) is 46.2. The second-order valence-electron chi connectivity index (χ2n) is 5.72. The summed E-state index contributed by atoms with van der Waals surface area (Å²) in [5, 5.41) is 8.84. The molecule has 0 aliphatic rings. The Balaban J connectivity index is 2.11. The number of carbonyl (C=O) groups is 1. The highest BCUT2D eigenvalue weighted by molar-refractivity contribution is 7.99. The summed E-state index contributed by atoms with van der Waals surface area (Å²) in [6, 6.07) is 17.2. The van der Waals surface area contributed by atoms with E-state index in [1.165, 1.54) is 0 Å². The van der Waals surface area contributed by atoms with Crippen LogP contribution in [0.2, 0.25) is 0 Å². The van der Waals surface area contributed by atoms with Crippen LogP contribution in [0, 0.1) is 0 Å². The van der Waals surface area contributed by atoms with Gasteiger partial charge in [0.15, 0.2) is 0 Å². The Kier molecular flexibility index (Phi) is 7.01. The number of carbonyl (C=O) groups excluding carboxylic acids is 1. The molecule has 0 unspecified atom stereocenters. The van der Waals surface area contributed by atoms with E-state index in [2.05, 4.69) is 4.98 Å². The van der Waals surface area contributed by atoms with Crippen LogP contribution in [-0.2, 0) is 4.74 Å². The zero-order valence-corrected chi connectivity index (χ0v) is 16.1. The SMILES string of the molecule is O=C(c1ccccc1)c1c(Sc2ccccc2)n(OCOCCO)c(=O)[nH]c1=O. The molecule has 29 heavy (non-hydrogen) atoms. The average molecular weight is 414 g/mol. The van der Waals surface area contributed by atoms with Gasteiger partial charge in [-0.2, -0.15) is 0 Å². The van der Waals surface area contributed by atoms with Gasteiger partial charge in [0.1, 0.15) is 10.6 Å². The molecule has 9 heteroatoms. The summed E-state index contributed by atoms with van der Waals surface area (Å²) >= 11 is 1.05. The van der Waals surface area contributed by atoms with Gasteiger partial charge in [0.2, 0.25) is 12.6 Å². The molecule has 0 fully saturated rings. The fraction of sp³-hybridized carbons (Fsp3) is 0.150. The lowest BCUT2D eigenvalue weighted by molar-refractivity contribution is -0.0789. The quantitative estimate of drug-likeness (QED) is 0.235. The molecule has 0 spiro atoms. The molecule has 0 radical (unpaired) electrons. The number of nitrogens with one attached hydrogen (secondary N) is 1. The van der Waals surface area contributed by atoms with Crippen LogP contribution in [0.3, 0.4) is 0 Å². The maximum atomic E-state index is 13.0. The fourth-order valence-corrected chi connectivity index (χ4v) is 3.48. The fourth-order valence-electron chi connectivity index (χ4n) is 2.46. The predicted molar refractivity (Wildman–Crippen MR) is 106 cm³/mol. The van der Waals surface area contributed by atoms with Gasteiger partial charge in [-0.3, -0.25) is 14.6 Å². The van der Waals surface area contributed by atoms with E-state index >= 15 is 0 Å². The lowest BCUT2D eigenvalue weighted by Crippen LogP contribution is -2.39. The van der Waals surface area contributed by atoms with Crippen molar-refractivity contribution in [3.05, 3.63) is 92.6 Å². The number of rotatable bonds is 9. The Morgan fingerprint density at radius 3 is 2.34 bits per heavy atom. The van der Waals surface area contributed by atoms with Gasteiger partial charge in [0.25, 0.3) is 5.56 Å². The third kappa shape index (κ3) is 5.02. The highest BCUT2D eigenvalue weighted by Gasteiger charge is 2.24. The van der Waals surface area contributed by atoms with Crippen LogP contribution >= 0.6 is 11.8 Å². The number of aromatic amines is 1. The first-order chi connectivity index (χ1) is 14.1. The van der Waals surface area contributed by atoms with E-state index in [0.29, 0.717) is 10.5 Å². The van der Waals surface area contributed by atoms with Gasteiger partial charge in [0, 0.05) is 10.5 Å². The molecule has 1 aromatic heterocycles. The van der Waals surface area contributed by atoms with Crippen LogP contribution in [0.4, 0.5) is 0 Å². The molecule has 3 aromatic rings. The number of nitrogens with zero attached hydrogens (tertiary/aromatic N) is 1. The minimum absolute atomic E-state index is 0.00900. The Morgan fingerprint density at radius 1 is 1.03 bits per heavy atom. The first-order valence-electron chi connectivity index (χ1n) is 8.65. The first kappa shape index (κ1) is 20.6. The summed E-state index contributed by atoms with van der Waals surface area (Å²) in [7, 11) is 0. The molecular weight excluding hydrogens is 396 g/mol. The van der Waals surface area contributed by atoms with Crippen LogP contribution in [0.1, 0.15) is 15.9 Å². The Labute approximate surface area is 169 Å². The lowest BCUT2D eigenvalue weighted by atomic mass is 10.1. The van der Waals surface area contributed by atoms with Crippen molar-refractivity contribution < 1.29 is 19.5 Å². The Morgan fingerprint density at radius 2 is 1.69 bits per heavy atom. The second kappa shape index (κ2) is 9.87. The van der Waals surface area contributed by atoms with Crippen LogP contribution in [-0.4, -0.2) is 40.6 Å². The van der Waals surface area contributed by atoms with Crippen molar-refractivity contribution in [1.82, 2.24) is 9.71 Å². The number of aliphatic hydroxyl groups excluding tert-OH is 1. The standard InChI is InChI=1S/C20H18N2O6S/c23-11-12-27-13-28-22-19(29-15-9-5-2-6-10-15)16(18(25)21-20(22)26)17(24)14-7-3-1-4-8-14/h1-10,23H,11-13H2,(H,21,25,26). The molecule has 0 amide bonds. The highest BCUT2D eigenvalue weighted by Crippen LogP contribution is 2.29. The normalized spacial score (nSPS) is 10.7. The number of aliphatic hydroxyl groups is 1. The van der Waals surface area contributed by atoms with Crippen molar-refractivity contribution >= 4 is 17.5 Å². The van der Waals surface area contributed by atoms with Crippen molar-refractivity contribution in [2.45, 2.75) is 9.92 Å². The van der Waals surface area contributed by atoms with Gasteiger partial charge in [-0.05, 0) is 12.1 Å². The number of aromatic nitrogens is 2. The van der Waals surface area contributed by atoms with Gasteiger partial charge >= 0.3 is 5.69 Å². The van der Waals surface area contributed by atoms with E-state index in [9.17, 15) is 14.4 Å². The number of benzene rings is 2. The molecule has 2 N–H and O–H groups in total. The summed E-state index contributed by atoms with van der Waals surface area (Å²) in [5.41, 5.74) is -1.56. The molecular formula is C20H18N2O6S. The largest absolute Gasteiger partial charge is 0.394 e. The number of ether oxygens (including phenoxy) is 1. The summed E-state index contributed by atoms with van der Waals surface area (Å²) in [6.45, 7) is -0.559. The minimum atomic E-state index is -0.842. The van der Waals surface area contributed by atoms with Gasteiger partial charge in [0.05, 0.1) is 13.2 Å². The maximum Gasteiger partial charge on any atom is 0.362 e. The number of H-pyrrole nitrogens is 1. The topological polar surface area (TPSA) is 111 Å². The molecule has 0 aliphatic carbocycles. The smallest absolute Gasteiger partial charge is 0.362 e. The van der Waals surface area contributed by atoms with Crippen LogP contribution < -0.4 is 16.1 Å². The monoisotopic (exact) mass is 414 g/mol. The molecule has 0 saturated heterocycles. The van der Waals surface area contributed by atoms with Gasteiger partial charge < -0.3 is 14.7 Å². The third-order valence-electron chi connectivity index (χ3n) is 3.75. The van der Waals surface area contributed by atoms with Crippen LogP contribution in [0.25, 0.3) is 0 Å². The predicted octanol–water partition coefficient (Wildman–Crippen LogP) is 1.31. The van der Waals surface area contributed by atoms with Crippen LogP contribution in [0.5, 0.6) is 0 Å². The van der Waals surface area contributed by atoms with Crippen molar-refractivity contribution in [2.24, 2.45) is 0 Å². The van der Waals surface area contributed by atoms with E-state index in [1.54, 1.807) is 54.6 Å².